The molecule has 10 nitrogen and oxygen atoms in total. The van der Waals surface area contributed by atoms with Gasteiger partial charge in [0.2, 0.25) is 5.91 Å². The third-order valence-electron chi connectivity index (χ3n) is 8.79. The zero-order valence-corrected chi connectivity index (χ0v) is 26.2. The van der Waals surface area contributed by atoms with Crippen molar-refractivity contribution in [3.63, 3.8) is 0 Å². The van der Waals surface area contributed by atoms with Crippen LogP contribution in [-0.4, -0.2) is 64.1 Å². The van der Waals surface area contributed by atoms with Crippen molar-refractivity contribution in [2.75, 3.05) is 31.4 Å². The van der Waals surface area contributed by atoms with Crippen molar-refractivity contribution in [1.29, 1.82) is 0 Å². The Morgan fingerprint density at radius 1 is 0.979 bits per heavy atom. The van der Waals surface area contributed by atoms with Crippen molar-refractivity contribution in [3.8, 4) is 16.9 Å². The van der Waals surface area contributed by atoms with Gasteiger partial charge >= 0.3 is 11.5 Å². The molecule has 2 aliphatic rings. The minimum absolute atomic E-state index is 0.0000520. The topological polar surface area (TPSA) is 142 Å². The summed E-state index contributed by atoms with van der Waals surface area (Å²) in [6.45, 7) is 0. The monoisotopic (exact) mass is 677 g/mol. The number of ether oxygens (including phenoxy) is 1. The summed E-state index contributed by atoms with van der Waals surface area (Å²) in [6, 6.07) is 9.76. The highest BCUT2D eigenvalue weighted by molar-refractivity contribution is 7.92. The van der Waals surface area contributed by atoms with Gasteiger partial charge in [-0.3, -0.25) is 9.59 Å². The van der Waals surface area contributed by atoms with E-state index in [1.54, 1.807) is 19.0 Å². The van der Waals surface area contributed by atoms with Crippen LogP contribution in [0.4, 0.5) is 28.9 Å². The first-order valence-corrected chi connectivity index (χ1v) is 16.0. The maximum atomic E-state index is 15.3. The largest absolute Gasteiger partial charge is 0.501 e. The Bertz CT molecular complexity index is 1860. The molecule has 0 heterocycles. The fraction of sp³-hybridized carbons (Fsp3) is 0.344. The molecule has 0 radical (unpaired) electrons. The maximum Gasteiger partial charge on any atom is 0.501 e. The number of carbonyl (C=O) groups is 3. The third-order valence-corrected chi connectivity index (χ3v) is 10.3. The smallest absolute Gasteiger partial charge is 0.496 e. The second-order valence-corrected chi connectivity index (χ2v) is 13.7. The standard InChI is InChI=1S/C32H31F4N3O7S/c1-39(2)25-12-16(9-10-21(25)31(42)43)22-14-23(26(46-3)15-24(22)33)29(40)38-28-18-8-7-17(11-18)27(28)30(41)37-19-5-4-6-20(13-19)47(44,45)32(34,35)36/h4-6,9-10,12-15,17-18,27-28H,7-8,11H2,1-3H3,(H,37,41)(H,38,40)(H,42,43)/t17-,18+,27+,28-/m1/s1. The summed E-state index contributed by atoms with van der Waals surface area (Å²) in [5.74, 6) is -4.23. The highest BCUT2D eigenvalue weighted by Crippen LogP contribution is 2.49. The average Bonchev–Trinajstić information content (AvgIpc) is 3.62. The van der Waals surface area contributed by atoms with E-state index in [0.717, 1.165) is 24.3 Å². The molecule has 15 heteroatoms. The molecule has 3 aromatic rings. The van der Waals surface area contributed by atoms with Crippen LogP contribution in [0.1, 0.15) is 40.0 Å². The molecular formula is C32H31F4N3O7S. The van der Waals surface area contributed by atoms with E-state index in [9.17, 15) is 41.1 Å². The van der Waals surface area contributed by atoms with Crippen molar-refractivity contribution < 1.29 is 50.2 Å². The van der Waals surface area contributed by atoms with E-state index >= 15 is 4.39 Å². The molecule has 2 fully saturated rings. The number of sulfone groups is 1. The molecule has 0 spiro atoms. The first-order valence-electron chi connectivity index (χ1n) is 14.5. The zero-order valence-electron chi connectivity index (χ0n) is 25.4. The van der Waals surface area contributed by atoms with Crippen molar-refractivity contribution in [2.24, 2.45) is 17.8 Å². The van der Waals surface area contributed by atoms with Crippen molar-refractivity contribution in [1.82, 2.24) is 5.32 Å². The summed E-state index contributed by atoms with van der Waals surface area (Å²) in [6.07, 6.45) is 2.01. The Morgan fingerprint density at radius 3 is 2.32 bits per heavy atom. The van der Waals surface area contributed by atoms with Crippen LogP contribution in [0.3, 0.4) is 0 Å². The normalized spacial score (nSPS) is 20.5. The number of anilines is 2. The number of fused-ring (bicyclic) bond motifs is 2. The van der Waals surface area contributed by atoms with E-state index in [0.29, 0.717) is 30.5 Å². The fourth-order valence-corrected chi connectivity index (χ4v) is 7.39. The number of nitrogens with one attached hydrogen (secondary N) is 2. The molecule has 250 valence electrons. The Balaban J connectivity index is 1.42. The number of halogens is 4. The highest BCUT2D eigenvalue weighted by Gasteiger charge is 2.52. The number of benzene rings is 3. The molecule has 0 unspecified atom stereocenters. The van der Waals surface area contributed by atoms with Crippen molar-refractivity contribution in [3.05, 3.63) is 71.5 Å². The van der Waals surface area contributed by atoms with Crippen LogP contribution in [0.15, 0.2) is 59.5 Å². The summed E-state index contributed by atoms with van der Waals surface area (Å²) in [5.41, 5.74) is -5.08. The van der Waals surface area contributed by atoms with E-state index in [1.807, 2.05) is 0 Å². The molecule has 0 aliphatic heterocycles. The van der Waals surface area contributed by atoms with Gasteiger partial charge in [-0.05, 0) is 73.1 Å². The highest BCUT2D eigenvalue weighted by atomic mass is 32.2. The molecule has 47 heavy (non-hydrogen) atoms. The van der Waals surface area contributed by atoms with Gasteiger partial charge in [-0.15, -0.1) is 0 Å². The zero-order chi connectivity index (χ0) is 34.4. The summed E-state index contributed by atoms with van der Waals surface area (Å²) in [4.78, 5) is 39.5. The lowest BCUT2D eigenvalue weighted by Gasteiger charge is -2.31. The number of amides is 2. The molecule has 3 N–H and O–H groups in total. The van der Waals surface area contributed by atoms with Crippen LogP contribution >= 0.6 is 0 Å². The van der Waals surface area contributed by atoms with Gasteiger partial charge in [-0.2, -0.15) is 13.2 Å². The number of nitrogens with zero attached hydrogens (tertiary/aromatic N) is 1. The van der Waals surface area contributed by atoms with Crippen LogP contribution in [-0.2, 0) is 14.6 Å². The lowest BCUT2D eigenvalue weighted by atomic mass is 9.83. The number of methoxy groups -OCH3 is 1. The van der Waals surface area contributed by atoms with Gasteiger partial charge in [-0.25, -0.2) is 17.6 Å². The van der Waals surface area contributed by atoms with Gasteiger partial charge in [0, 0.05) is 37.5 Å². The van der Waals surface area contributed by atoms with Crippen LogP contribution in [0, 0.1) is 23.6 Å². The second kappa shape index (κ2) is 12.5. The molecule has 5 rings (SSSR count). The van der Waals surface area contributed by atoms with Gasteiger partial charge < -0.3 is 25.4 Å². The number of carboxylic acid groups (broad SMARTS) is 1. The van der Waals surface area contributed by atoms with E-state index in [1.165, 1.54) is 37.4 Å². The van der Waals surface area contributed by atoms with Crippen molar-refractivity contribution >= 4 is 39.0 Å². The Kier molecular flexibility index (Phi) is 8.97. The van der Waals surface area contributed by atoms with E-state index in [4.69, 9.17) is 4.74 Å². The molecule has 2 amide bonds. The van der Waals surface area contributed by atoms with E-state index in [2.05, 4.69) is 10.6 Å². The molecule has 2 aliphatic carbocycles. The summed E-state index contributed by atoms with van der Waals surface area (Å²) in [7, 11) is -1.11. The SMILES string of the molecule is COc1cc(F)c(-c2ccc(C(=O)O)c(N(C)C)c2)cc1C(=O)N[C@@H]1[C@H]2CC[C@H](C2)[C@@H]1C(=O)Nc1cccc(S(=O)(=O)C(F)(F)F)c1. The van der Waals surface area contributed by atoms with Gasteiger partial charge in [0.25, 0.3) is 15.7 Å². The second-order valence-electron chi connectivity index (χ2n) is 11.8. The van der Waals surface area contributed by atoms with Gasteiger partial charge in [0.1, 0.15) is 11.6 Å². The number of hydrogen-bond donors (Lipinski definition) is 3. The summed E-state index contributed by atoms with van der Waals surface area (Å²) < 4.78 is 83.7. The third kappa shape index (κ3) is 6.35. The van der Waals surface area contributed by atoms with Gasteiger partial charge in [0.15, 0.2) is 0 Å². The number of alkyl halides is 3. The first kappa shape index (κ1) is 33.7. The number of hydrogen-bond acceptors (Lipinski definition) is 7. The molecule has 0 aromatic heterocycles. The number of aromatic carboxylic acids is 1. The first-order chi connectivity index (χ1) is 22.0. The lowest BCUT2D eigenvalue weighted by Crippen LogP contribution is -2.48. The van der Waals surface area contributed by atoms with Gasteiger partial charge in [0.05, 0.1) is 34.7 Å². The molecule has 2 saturated carbocycles. The lowest BCUT2D eigenvalue weighted by molar-refractivity contribution is -0.122. The Hall–Kier alpha value is -4.66. The molecule has 4 atom stereocenters. The van der Waals surface area contributed by atoms with Crippen LogP contribution in [0.25, 0.3) is 11.1 Å². The fourth-order valence-electron chi connectivity index (χ4n) is 6.58. The van der Waals surface area contributed by atoms with Gasteiger partial charge in [-0.1, -0.05) is 12.1 Å². The van der Waals surface area contributed by atoms with Crippen LogP contribution in [0.5, 0.6) is 5.75 Å². The number of rotatable bonds is 9. The molecule has 0 saturated heterocycles. The molecule has 2 bridgehead atoms. The Morgan fingerprint density at radius 2 is 1.68 bits per heavy atom. The summed E-state index contributed by atoms with van der Waals surface area (Å²) in [5, 5.41) is 15.0. The van der Waals surface area contributed by atoms with E-state index < -0.39 is 55.8 Å². The van der Waals surface area contributed by atoms with Crippen LogP contribution < -0.4 is 20.3 Å². The Labute approximate surface area is 267 Å². The van der Waals surface area contributed by atoms with E-state index in [-0.39, 0.29) is 40.0 Å². The van der Waals surface area contributed by atoms with Crippen molar-refractivity contribution in [2.45, 2.75) is 35.7 Å². The average molecular weight is 678 g/mol. The molecular weight excluding hydrogens is 646 g/mol. The molecule has 3 aromatic carbocycles. The van der Waals surface area contributed by atoms with Crippen LogP contribution in [0.2, 0.25) is 0 Å². The predicted molar refractivity (Wildman–Crippen MR) is 164 cm³/mol. The number of carboxylic acids is 1. The number of carbonyl (C=O) groups excluding carboxylic acids is 2. The summed E-state index contributed by atoms with van der Waals surface area (Å²) >= 11 is 0. The predicted octanol–water partition coefficient (Wildman–Crippen LogP) is 5.34. The maximum absolute atomic E-state index is 15.3. The minimum Gasteiger partial charge on any atom is -0.496 e. The minimum atomic E-state index is -5.64. The quantitative estimate of drug-likeness (QED) is 0.258.